The maximum Gasteiger partial charge on any atom is 0.264 e. The summed E-state index contributed by atoms with van der Waals surface area (Å²) in [6.07, 6.45) is 2.88. The summed E-state index contributed by atoms with van der Waals surface area (Å²) in [5.74, 6) is -12.0. The molecule has 0 fully saturated rings. The number of halogens is 5. The molecule has 8 heteroatoms. The van der Waals surface area contributed by atoms with Crippen molar-refractivity contribution in [2.24, 2.45) is 0 Å². The molecule has 142 valence electrons. The molecule has 1 amide bonds. The number of hydrogen-bond acceptors (Lipinski definition) is 2. The maximum atomic E-state index is 14.1. The van der Waals surface area contributed by atoms with Crippen molar-refractivity contribution in [1.29, 1.82) is 0 Å². The second-order valence-electron chi connectivity index (χ2n) is 5.98. The van der Waals surface area contributed by atoms with Crippen LogP contribution in [0.4, 0.5) is 27.6 Å². The molecule has 0 aliphatic carbocycles. The minimum absolute atomic E-state index is 0.120. The molecule has 0 radical (unpaired) electrons. The Labute approximate surface area is 151 Å². The van der Waals surface area contributed by atoms with E-state index in [2.05, 4.69) is 0 Å². The summed E-state index contributed by atoms with van der Waals surface area (Å²) in [7, 11) is 0. The highest BCUT2D eigenvalue weighted by molar-refractivity contribution is 6.08. The van der Waals surface area contributed by atoms with E-state index in [-0.39, 0.29) is 18.0 Å². The van der Waals surface area contributed by atoms with Crippen LogP contribution < -0.4 is 9.64 Å². The minimum Gasteiger partial charge on any atom is -0.486 e. The third kappa shape index (κ3) is 3.05. The Morgan fingerprint density at radius 3 is 2.26 bits per heavy atom. The lowest BCUT2D eigenvalue weighted by atomic mass is 10.1. The third-order valence-electron chi connectivity index (χ3n) is 4.09. The van der Waals surface area contributed by atoms with Crippen LogP contribution in [0.2, 0.25) is 0 Å². The van der Waals surface area contributed by atoms with E-state index in [0.29, 0.717) is 5.56 Å². The highest BCUT2D eigenvalue weighted by Gasteiger charge is 2.36. The first-order valence-corrected chi connectivity index (χ1v) is 8.03. The van der Waals surface area contributed by atoms with E-state index in [0.717, 1.165) is 4.90 Å². The van der Waals surface area contributed by atoms with Gasteiger partial charge in [-0.2, -0.15) is 0 Å². The molecular formula is C19H14F5NO2. The molecule has 1 aliphatic heterocycles. The number of para-hydroxylation sites is 1. The monoisotopic (exact) mass is 383 g/mol. The van der Waals surface area contributed by atoms with Crippen LogP contribution in [0.5, 0.6) is 5.75 Å². The van der Waals surface area contributed by atoms with E-state index in [9.17, 15) is 26.7 Å². The van der Waals surface area contributed by atoms with Crippen molar-refractivity contribution in [3.05, 3.63) is 64.5 Å². The maximum absolute atomic E-state index is 14.1. The average molecular weight is 383 g/mol. The number of hydrogen-bond donors (Lipinski definition) is 0. The number of nitrogens with zero attached hydrogens (tertiary/aromatic N) is 1. The first-order chi connectivity index (χ1) is 12.8. The predicted molar refractivity (Wildman–Crippen MR) is 89.1 cm³/mol. The number of rotatable bonds is 2. The van der Waals surface area contributed by atoms with E-state index in [1.54, 1.807) is 38.1 Å². The lowest BCUT2D eigenvalue weighted by Crippen LogP contribution is -2.43. The minimum atomic E-state index is -2.31. The molecule has 1 unspecified atom stereocenters. The quantitative estimate of drug-likeness (QED) is 0.422. The van der Waals surface area contributed by atoms with Gasteiger partial charge in [-0.15, -0.1) is 0 Å². The Hall–Kier alpha value is -2.90. The number of allylic oxidation sites excluding steroid dienone is 1. The Balaban J connectivity index is 2.17. The van der Waals surface area contributed by atoms with E-state index in [4.69, 9.17) is 4.74 Å². The fraction of sp³-hybridized carbons (Fsp3) is 0.211. The van der Waals surface area contributed by atoms with Gasteiger partial charge in [0.15, 0.2) is 29.0 Å². The zero-order valence-corrected chi connectivity index (χ0v) is 14.3. The Bertz CT molecular complexity index is 929. The highest BCUT2D eigenvalue weighted by atomic mass is 19.2. The summed E-state index contributed by atoms with van der Waals surface area (Å²) in [4.78, 5) is 13.7. The third-order valence-corrected chi connectivity index (χ3v) is 4.09. The topological polar surface area (TPSA) is 29.5 Å². The molecule has 0 aromatic heterocycles. The molecule has 3 rings (SSSR count). The Morgan fingerprint density at radius 2 is 1.67 bits per heavy atom. The van der Waals surface area contributed by atoms with Crippen LogP contribution in [0.25, 0.3) is 6.08 Å². The molecular weight excluding hydrogens is 369 g/mol. The number of carbonyl (C=O) groups is 1. The number of ether oxygens (including phenoxy) is 1. The van der Waals surface area contributed by atoms with Gasteiger partial charge in [-0.05, 0) is 19.9 Å². The zero-order valence-electron chi connectivity index (χ0n) is 14.3. The number of fused-ring (bicyclic) bond motifs is 1. The number of anilines is 1. The van der Waals surface area contributed by atoms with Gasteiger partial charge in [0.25, 0.3) is 5.91 Å². The zero-order chi connectivity index (χ0) is 19.9. The normalized spacial score (nSPS) is 16.4. The summed E-state index contributed by atoms with van der Waals surface area (Å²) in [6, 6.07) is 4.77. The molecule has 0 saturated carbocycles. The first-order valence-electron chi connectivity index (χ1n) is 8.03. The Kier molecular flexibility index (Phi) is 4.91. The van der Waals surface area contributed by atoms with Crippen molar-refractivity contribution >= 4 is 17.7 Å². The van der Waals surface area contributed by atoms with Gasteiger partial charge in [-0.25, -0.2) is 22.0 Å². The fourth-order valence-corrected chi connectivity index (χ4v) is 2.91. The largest absolute Gasteiger partial charge is 0.486 e. The van der Waals surface area contributed by atoms with Crippen LogP contribution in [0.1, 0.15) is 29.8 Å². The van der Waals surface area contributed by atoms with E-state index in [1.165, 1.54) is 6.07 Å². The van der Waals surface area contributed by atoms with E-state index in [1.807, 2.05) is 0 Å². The number of amides is 1. The summed E-state index contributed by atoms with van der Waals surface area (Å²) < 4.78 is 74.1. The van der Waals surface area contributed by atoms with Crippen molar-refractivity contribution in [3.63, 3.8) is 0 Å². The lowest BCUT2D eigenvalue weighted by Gasteiger charge is -2.34. The molecule has 0 spiro atoms. The highest BCUT2D eigenvalue weighted by Crippen LogP contribution is 2.38. The Morgan fingerprint density at radius 1 is 1.07 bits per heavy atom. The average Bonchev–Trinajstić information content (AvgIpc) is 2.65. The van der Waals surface area contributed by atoms with Crippen LogP contribution in [-0.2, 0) is 0 Å². The molecule has 1 heterocycles. The smallest absolute Gasteiger partial charge is 0.264 e. The van der Waals surface area contributed by atoms with Gasteiger partial charge >= 0.3 is 0 Å². The van der Waals surface area contributed by atoms with Crippen LogP contribution in [0.3, 0.4) is 0 Å². The van der Waals surface area contributed by atoms with E-state index >= 15 is 0 Å². The van der Waals surface area contributed by atoms with E-state index < -0.39 is 46.7 Å². The second-order valence-corrected chi connectivity index (χ2v) is 5.98. The van der Waals surface area contributed by atoms with Gasteiger partial charge in [0.2, 0.25) is 5.82 Å². The molecule has 2 aromatic carbocycles. The molecule has 2 aromatic rings. The molecule has 3 nitrogen and oxygen atoms in total. The van der Waals surface area contributed by atoms with Crippen LogP contribution >= 0.6 is 0 Å². The predicted octanol–water partition coefficient (Wildman–Crippen LogP) is 4.84. The molecule has 1 atom stereocenters. The molecule has 0 saturated heterocycles. The van der Waals surface area contributed by atoms with Crippen LogP contribution in [0, 0.1) is 29.1 Å². The van der Waals surface area contributed by atoms with Crippen molar-refractivity contribution in [2.45, 2.75) is 20.0 Å². The van der Waals surface area contributed by atoms with Crippen molar-refractivity contribution in [3.8, 4) is 5.75 Å². The van der Waals surface area contributed by atoms with Gasteiger partial charge < -0.3 is 9.64 Å². The first kappa shape index (κ1) is 18.9. The van der Waals surface area contributed by atoms with Gasteiger partial charge in [0.1, 0.15) is 11.7 Å². The number of carbonyl (C=O) groups excluding carboxylic acids is 1. The molecule has 0 N–H and O–H groups in total. The molecule has 1 aliphatic rings. The van der Waals surface area contributed by atoms with Crippen molar-refractivity contribution < 1.29 is 31.5 Å². The molecule has 0 bridgehead atoms. The summed E-state index contributed by atoms with van der Waals surface area (Å²) in [5.41, 5.74) is -0.711. The molecule has 27 heavy (non-hydrogen) atoms. The van der Waals surface area contributed by atoms with Gasteiger partial charge in [-0.1, -0.05) is 24.3 Å². The van der Waals surface area contributed by atoms with Gasteiger partial charge in [0, 0.05) is 5.56 Å². The van der Waals surface area contributed by atoms with Crippen molar-refractivity contribution in [1.82, 2.24) is 0 Å². The van der Waals surface area contributed by atoms with Crippen LogP contribution in [0.15, 0.2) is 24.3 Å². The van der Waals surface area contributed by atoms with Crippen LogP contribution in [-0.4, -0.2) is 18.6 Å². The summed E-state index contributed by atoms with van der Waals surface area (Å²) in [6.45, 7) is 3.27. The standard InChI is InChI=1S/C19H14F5NO2/c1-3-5-10-6-4-7-11-18(10)27-9(2)8-25(11)19(26)12-13(20)15(22)17(24)16(23)14(12)21/h3-7,9H,8H2,1-2H3. The van der Waals surface area contributed by atoms with Crippen molar-refractivity contribution in [2.75, 3.05) is 11.4 Å². The lowest BCUT2D eigenvalue weighted by molar-refractivity contribution is 0.0949. The fourth-order valence-electron chi connectivity index (χ4n) is 2.91. The summed E-state index contributed by atoms with van der Waals surface area (Å²) in [5, 5.41) is 0. The summed E-state index contributed by atoms with van der Waals surface area (Å²) >= 11 is 0. The second kappa shape index (κ2) is 7.02. The SMILES string of the molecule is CC=Cc1cccc2c1OC(C)CN2C(=O)c1c(F)c(F)c(F)c(F)c1F. The van der Waals surface area contributed by atoms with Gasteiger partial charge in [0.05, 0.1) is 12.2 Å². The number of benzene rings is 2. The van der Waals surface area contributed by atoms with Gasteiger partial charge in [-0.3, -0.25) is 4.79 Å².